The van der Waals surface area contributed by atoms with Crippen molar-refractivity contribution in [2.75, 3.05) is 5.32 Å². The smallest absolute Gasteiger partial charge is 0.255 e. The Balaban J connectivity index is 2.28. The summed E-state index contributed by atoms with van der Waals surface area (Å²) in [6.45, 7) is 2.06. The number of pyridine rings is 1. The number of amides is 1. The van der Waals surface area contributed by atoms with Gasteiger partial charge in [0.1, 0.15) is 5.15 Å². The molecule has 0 fully saturated rings. The van der Waals surface area contributed by atoms with E-state index in [1.807, 2.05) is 18.2 Å². The largest absolute Gasteiger partial charge is 0.320 e. The molecule has 0 radical (unpaired) electrons. The lowest BCUT2D eigenvalue weighted by Gasteiger charge is -2.10. The molecule has 2 rings (SSSR count). The number of benzene rings is 1. The van der Waals surface area contributed by atoms with E-state index in [0.717, 1.165) is 27.5 Å². The van der Waals surface area contributed by atoms with E-state index < -0.39 is 0 Å². The van der Waals surface area contributed by atoms with Crippen LogP contribution in [0.1, 0.15) is 29.4 Å². The third kappa shape index (κ3) is 4.28. The molecule has 3 nitrogen and oxygen atoms in total. The van der Waals surface area contributed by atoms with Crippen LogP contribution >= 0.6 is 43.5 Å². The number of nitrogens with zero attached hydrogens (tertiary/aromatic N) is 1. The van der Waals surface area contributed by atoms with Crippen molar-refractivity contribution in [1.82, 2.24) is 4.98 Å². The lowest BCUT2D eigenvalue weighted by molar-refractivity contribution is 0.102. The molecule has 0 aliphatic rings. The van der Waals surface area contributed by atoms with Crippen molar-refractivity contribution in [2.24, 2.45) is 0 Å². The zero-order valence-corrected chi connectivity index (χ0v) is 15.2. The summed E-state index contributed by atoms with van der Waals surface area (Å²) in [7, 11) is 0. The maximum atomic E-state index is 12.4. The molecule has 1 heterocycles. The van der Waals surface area contributed by atoms with Crippen molar-refractivity contribution in [3.05, 3.63) is 55.7 Å². The first-order valence-electron chi connectivity index (χ1n) is 6.43. The van der Waals surface area contributed by atoms with E-state index in [9.17, 15) is 4.79 Å². The highest BCUT2D eigenvalue weighted by atomic mass is 79.9. The first kappa shape index (κ1) is 16.5. The SMILES string of the molecule is CCCc1cc(C(=O)Nc2c(Br)cccc2Br)cc(Cl)n1. The molecule has 0 saturated heterocycles. The Bertz CT molecular complexity index is 656. The summed E-state index contributed by atoms with van der Waals surface area (Å²) in [5.74, 6) is -0.218. The molecule has 0 spiro atoms. The summed E-state index contributed by atoms with van der Waals surface area (Å²) >= 11 is 12.8. The molecule has 1 amide bonds. The summed E-state index contributed by atoms with van der Waals surface area (Å²) in [5, 5.41) is 3.20. The topological polar surface area (TPSA) is 42.0 Å². The molecule has 6 heteroatoms. The predicted octanol–water partition coefficient (Wildman–Crippen LogP) is 5.46. The van der Waals surface area contributed by atoms with Crippen molar-refractivity contribution in [3.8, 4) is 0 Å². The second-order valence-electron chi connectivity index (χ2n) is 4.47. The van der Waals surface area contributed by atoms with Crippen molar-refractivity contribution in [1.29, 1.82) is 0 Å². The van der Waals surface area contributed by atoms with Gasteiger partial charge in [-0.25, -0.2) is 4.98 Å². The predicted molar refractivity (Wildman–Crippen MR) is 93.0 cm³/mol. The van der Waals surface area contributed by atoms with Gasteiger partial charge in [-0.2, -0.15) is 0 Å². The summed E-state index contributed by atoms with van der Waals surface area (Å²) in [6, 6.07) is 8.95. The minimum Gasteiger partial charge on any atom is -0.320 e. The molecule has 0 atom stereocenters. The minimum atomic E-state index is -0.218. The van der Waals surface area contributed by atoms with Crippen LogP contribution in [0.4, 0.5) is 5.69 Å². The van der Waals surface area contributed by atoms with Crippen LogP contribution < -0.4 is 5.32 Å². The van der Waals surface area contributed by atoms with E-state index in [1.54, 1.807) is 12.1 Å². The van der Waals surface area contributed by atoms with Gasteiger partial charge in [0.05, 0.1) is 5.69 Å². The molecule has 0 bridgehead atoms. The van der Waals surface area contributed by atoms with Crippen LogP contribution in [0.15, 0.2) is 39.3 Å². The Morgan fingerprint density at radius 3 is 2.57 bits per heavy atom. The van der Waals surface area contributed by atoms with Crippen molar-refractivity contribution < 1.29 is 4.79 Å². The zero-order chi connectivity index (χ0) is 15.4. The van der Waals surface area contributed by atoms with Crippen LogP contribution in [-0.4, -0.2) is 10.9 Å². The molecule has 1 aromatic carbocycles. The summed E-state index contributed by atoms with van der Waals surface area (Å²) in [5.41, 5.74) is 2.01. The monoisotopic (exact) mass is 430 g/mol. The van der Waals surface area contributed by atoms with Crippen molar-refractivity contribution in [2.45, 2.75) is 19.8 Å². The Kier molecular flexibility index (Phi) is 5.79. The van der Waals surface area contributed by atoms with Crippen LogP contribution in [-0.2, 0) is 6.42 Å². The van der Waals surface area contributed by atoms with Crippen LogP contribution in [0.2, 0.25) is 5.15 Å². The number of aryl methyl sites for hydroxylation is 1. The number of halogens is 3. The highest BCUT2D eigenvalue weighted by Crippen LogP contribution is 2.31. The van der Waals surface area contributed by atoms with Gasteiger partial charge in [-0.1, -0.05) is 31.0 Å². The van der Waals surface area contributed by atoms with Gasteiger partial charge in [-0.05, 0) is 62.5 Å². The molecule has 0 aliphatic heterocycles. The maximum absolute atomic E-state index is 12.4. The number of anilines is 1. The third-order valence-electron chi connectivity index (χ3n) is 2.82. The fraction of sp³-hybridized carbons (Fsp3) is 0.200. The molecular weight excluding hydrogens is 419 g/mol. The van der Waals surface area contributed by atoms with Gasteiger partial charge < -0.3 is 5.32 Å². The molecule has 2 aromatic rings. The van der Waals surface area contributed by atoms with Crippen LogP contribution in [0.5, 0.6) is 0 Å². The minimum absolute atomic E-state index is 0.218. The Labute approximate surface area is 145 Å². The number of hydrogen-bond donors (Lipinski definition) is 1. The normalized spacial score (nSPS) is 10.5. The van der Waals surface area contributed by atoms with Gasteiger partial charge in [0.15, 0.2) is 0 Å². The van der Waals surface area contributed by atoms with Gasteiger partial charge in [0.2, 0.25) is 0 Å². The average Bonchev–Trinajstić information content (AvgIpc) is 2.42. The first-order valence-corrected chi connectivity index (χ1v) is 8.39. The second kappa shape index (κ2) is 7.38. The van der Waals surface area contributed by atoms with Crippen molar-refractivity contribution in [3.63, 3.8) is 0 Å². The lowest BCUT2D eigenvalue weighted by Crippen LogP contribution is -2.13. The third-order valence-corrected chi connectivity index (χ3v) is 4.33. The van der Waals surface area contributed by atoms with E-state index >= 15 is 0 Å². The van der Waals surface area contributed by atoms with Gasteiger partial charge in [0, 0.05) is 20.2 Å². The number of carbonyl (C=O) groups excluding carboxylic acids is 1. The number of nitrogens with one attached hydrogen (secondary N) is 1. The Hall–Kier alpha value is -0.910. The number of rotatable bonds is 4. The molecule has 1 N–H and O–H groups in total. The van der Waals surface area contributed by atoms with E-state index in [-0.39, 0.29) is 5.91 Å². The van der Waals surface area contributed by atoms with Crippen molar-refractivity contribution >= 4 is 55.1 Å². The van der Waals surface area contributed by atoms with E-state index in [1.165, 1.54) is 0 Å². The highest BCUT2D eigenvalue weighted by Gasteiger charge is 2.13. The van der Waals surface area contributed by atoms with Gasteiger partial charge >= 0.3 is 0 Å². The number of hydrogen-bond acceptors (Lipinski definition) is 2. The van der Waals surface area contributed by atoms with E-state index in [4.69, 9.17) is 11.6 Å². The summed E-state index contributed by atoms with van der Waals surface area (Å²) in [6.07, 6.45) is 1.74. The van der Waals surface area contributed by atoms with Gasteiger partial charge in [-0.3, -0.25) is 4.79 Å². The number of para-hydroxylation sites is 1. The number of carbonyl (C=O) groups is 1. The van der Waals surface area contributed by atoms with Crippen LogP contribution in [0, 0.1) is 0 Å². The lowest BCUT2D eigenvalue weighted by atomic mass is 10.1. The molecule has 0 aliphatic carbocycles. The first-order chi connectivity index (χ1) is 10.0. The molecule has 1 aromatic heterocycles. The maximum Gasteiger partial charge on any atom is 0.255 e. The summed E-state index contributed by atoms with van der Waals surface area (Å²) < 4.78 is 1.61. The summed E-state index contributed by atoms with van der Waals surface area (Å²) in [4.78, 5) is 16.6. The molecule has 21 heavy (non-hydrogen) atoms. The zero-order valence-electron chi connectivity index (χ0n) is 11.3. The molecule has 0 saturated carbocycles. The Morgan fingerprint density at radius 2 is 1.95 bits per heavy atom. The molecular formula is C15H13Br2ClN2O. The van der Waals surface area contributed by atoms with E-state index in [0.29, 0.717) is 16.4 Å². The van der Waals surface area contributed by atoms with Crippen LogP contribution in [0.3, 0.4) is 0 Å². The van der Waals surface area contributed by atoms with Gasteiger partial charge in [0.25, 0.3) is 5.91 Å². The number of aromatic nitrogens is 1. The quantitative estimate of drug-likeness (QED) is 0.652. The second-order valence-corrected chi connectivity index (χ2v) is 6.57. The standard InChI is InChI=1S/C15H13Br2ClN2O/c1-2-4-10-7-9(8-13(18)19-10)15(21)20-14-11(16)5-3-6-12(14)17/h3,5-8H,2,4H2,1H3,(H,20,21). The Morgan fingerprint density at radius 1 is 1.29 bits per heavy atom. The fourth-order valence-electron chi connectivity index (χ4n) is 1.87. The van der Waals surface area contributed by atoms with Crippen LogP contribution in [0.25, 0.3) is 0 Å². The fourth-order valence-corrected chi connectivity index (χ4v) is 3.29. The molecule has 0 unspecified atom stereocenters. The highest BCUT2D eigenvalue weighted by molar-refractivity contribution is 9.11. The average molecular weight is 433 g/mol. The molecule has 110 valence electrons. The van der Waals surface area contributed by atoms with E-state index in [2.05, 4.69) is 49.1 Å². The van der Waals surface area contributed by atoms with Gasteiger partial charge in [-0.15, -0.1) is 0 Å².